The van der Waals surface area contributed by atoms with Gasteiger partial charge in [-0.3, -0.25) is 18.7 Å². The Bertz CT molecular complexity index is 3000. The average molecular weight is 1390 g/mol. The molecule has 0 radical (unpaired) electrons. The summed E-state index contributed by atoms with van der Waals surface area (Å²) in [5.41, 5.74) is -1.44. The summed E-state index contributed by atoms with van der Waals surface area (Å²) >= 11 is 0. The van der Waals surface area contributed by atoms with Gasteiger partial charge in [-0.15, -0.1) is 0 Å². The summed E-state index contributed by atoms with van der Waals surface area (Å²) < 4.78 is 154. The van der Waals surface area contributed by atoms with Crippen LogP contribution in [-0.2, 0) is 100 Å². The molecule has 0 aromatic carbocycles. The van der Waals surface area contributed by atoms with E-state index in [1.165, 1.54) is 13.8 Å². The number of aliphatic hydroxyl groups excluding tert-OH is 9. The van der Waals surface area contributed by atoms with Gasteiger partial charge in [-0.1, -0.05) is 51.0 Å². The maximum absolute atomic E-state index is 14.8. The Morgan fingerprint density at radius 1 is 0.660 bits per heavy atom. The Kier molecular flexibility index (Phi) is 21.8. The zero-order chi connectivity index (χ0) is 68.9. The molecule has 32 nitrogen and oxygen atoms in total. The molecule has 34 heteroatoms. The van der Waals surface area contributed by atoms with Crippen molar-refractivity contribution in [2.75, 3.05) is 33.5 Å². The summed E-state index contributed by atoms with van der Waals surface area (Å²) in [7, 11) is -9.27. The van der Waals surface area contributed by atoms with Crippen LogP contribution in [0.3, 0.4) is 0 Å². The fourth-order valence-corrected chi connectivity index (χ4v) is 18.4. The van der Waals surface area contributed by atoms with E-state index >= 15 is 0 Å². The number of cyclic esters (lactones) is 1. The van der Waals surface area contributed by atoms with E-state index < -0.39 is 234 Å². The maximum atomic E-state index is 14.8. The average Bonchev–Trinajstić information content (AvgIpc) is 1.47. The highest BCUT2D eigenvalue weighted by Gasteiger charge is 2.79. The Hall–Kier alpha value is -2.64. The highest BCUT2D eigenvalue weighted by molar-refractivity contribution is 7.81. The van der Waals surface area contributed by atoms with Gasteiger partial charge in [-0.2, -0.15) is 16.8 Å². The normalized spacial score (nSPS) is 48.7. The summed E-state index contributed by atoms with van der Waals surface area (Å²) in [6.45, 7) is 14.3. The number of hydrogen-bond acceptors (Lipinski definition) is 30. The molecule has 538 valence electrons. The van der Waals surface area contributed by atoms with E-state index in [4.69, 9.17) is 65.8 Å². The Morgan fingerprint density at radius 3 is 1.93 bits per heavy atom. The van der Waals surface area contributed by atoms with E-state index in [9.17, 15) is 81.5 Å². The van der Waals surface area contributed by atoms with E-state index in [2.05, 4.69) is 30.2 Å². The molecule has 0 unspecified atom stereocenters. The third-order valence-electron chi connectivity index (χ3n) is 22.1. The van der Waals surface area contributed by atoms with Crippen molar-refractivity contribution in [3.8, 4) is 0 Å². The standard InChI is InChI=1S/C60H94O32S2/c1-25(2)12-11-17-59(9)49-32(84-27(4)61)20-58(8)29-13-14-35-56(5,6)36(16-18-57(35,7)28(29)15-19-60(49,58)55(71)91-59)86-53-47(39(66)34(23-81-53)92-94(75,76)77)90-54-48(89-50-40(67)37(64)30(62)21-79-50)41(68)44(26(3)83-54)87-51-42(69)45(31(63)22-80-51)88-52-43(70)46(78-10)38(65)33(85-52)24-82-93(72,73)74/h12-13,26,28,30-54,62-70H,11,14-24H2,1-10H3,(H,72,73,74)(H,75,76,77)/t26-,28+,30-,31-,32+,33-,34-,35+,36+,37+,38-,39+,40-,41+,42-,43-,44-,45+,46+,47-,48-,49-,50+,51+,52+,53+,54+,57-,58+,59+,60-/m1/s1. The molecule has 31 atom stereocenters. The zero-order valence-corrected chi connectivity index (χ0v) is 55.7. The monoisotopic (exact) mass is 1390 g/mol. The number of rotatable bonds is 20. The molecule has 4 aliphatic carbocycles. The Balaban J connectivity index is 0.901. The van der Waals surface area contributed by atoms with Crippen molar-refractivity contribution in [3.63, 3.8) is 0 Å². The van der Waals surface area contributed by atoms with Crippen LogP contribution in [-0.4, -0.2) is 270 Å². The van der Waals surface area contributed by atoms with Crippen LogP contribution in [0, 0.1) is 39.4 Å². The molecule has 6 saturated heterocycles. The van der Waals surface area contributed by atoms with Gasteiger partial charge in [0.15, 0.2) is 31.5 Å². The topological polar surface area (TPSA) is 463 Å². The van der Waals surface area contributed by atoms with Gasteiger partial charge in [0, 0.05) is 19.4 Å². The van der Waals surface area contributed by atoms with Gasteiger partial charge >= 0.3 is 32.7 Å². The van der Waals surface area contributed by atoms with Crippen LogP contribution in [0.4, 0.5) is 0 Å². The van der Waals surface area contributed by atoms with Gasteiger partial charge in [-0.25, -0.2) is 8.37 Å². The maximum Gasteiger partial charge on any atom is 0.397 e. The first-order valence-corrected chi connectivity index (χ1v) is 34.6. The van der Waals surface area contributed by atoms with Crippen LogP contribution in [0.1, 0.15) is 114 Å². The second-order valence-corrected chi connectivity index (χ2v) is 30.6. The lowest BCUT2D eigenvalue weighted by Gasteiger charge is -2.64. The minimum Gasteiger partial charge on any atom is -0.462 e. The van der Waals surface area contributed by atoms with Crippen molar-refractivity contribution in [1.29, 1.82) is 0 Å². The van der Waals surface area contributed by atoms with Crippen LogP contribution >= 0.6 is 0 Å². The first-order chi connectivity index (χ1) is 43.8. The first-order valence-electron chi connectivity index (χ1n) is 31.9. The molecule has 10 aliphatic rings. The minimum absolute atomic E-state index is 0.0257. The highest BCUT2D eigenvalue weighted by Crippen LogP contribution is 2.77. The molecule has 0 aromatic heterocycles. The predicted octanol–water partition coefficient (Wildman–Crippen LogP) is -1.09. The highest BCUT2D eigenvalue weighted by atomic mass is 32.3. The number of carbonyl (C=O) groups is 2. The largest absolute Gasteiger partial charge is 0.462 e. The van der Waals surface area contributed by atoms with Crippen LogP contribution < -0.4 is 0 Å². The van der Waals surface area contributed by atoms with Gasteiger partial charge in [0.1, 0.15) is 109 Å². The quantitative estimate of drug-likeness (QED) is 0.0392. The molecule has 6 aliphatic heterocycles. The van der Waals surface area contributed by atoms with Crippen molar-refractivity contribution in [3.05, 3.63) is 23.3 Å². The molecule has 0 bridgehead atoms. The van der Waals surface area contributed by atoms with E-state index in [0.29, 0.717) is 51.4 Å². The molecule has 0 amide bonds. The zero-order valence-electron chi connectivity index (χ0n) is 54.0. The van der Waals surface area contributed by atoms with Crippen LogP contribution in [0.25, 0.3) is 0 Å². The molecule has 11 N–H and O–H groups in total. The lowest BCUT2D eigenvalue weighted by molar-refractivity contribution is -0.399. The summed E-state index contributed by atoms with van der Waals surface area (Å²) in [5.74, 6) is -1.24. The minimum atomic E-state index is -5.29. The lowest BCUT2D eigenvalue weighted by Crippen LogP contribution is -2.67. The fourth-order valence-electron chi connectivity index (χ4n) is 17.6. The van der Waals surface area contributed by atoms with Crippen LogP contribution in [0.15, 0.2) is 23.3 Å². The smallest absolute Gasteiger partial charge is 0.397 e. The van der Waals surface area contributed by atoms with Crippen molar-refractivity contribution < 1.29 is 151 Å². The Morgan fingerprint density at radius 2 is 1.28 bits per heavy atom. The third-order valence-corrected chi connectivity index (χ3v) is 23.0. The SMILES string of the molecule is CO[C@@H]1[C@@H](O)[C@H](O[C@@H]2[C@@H](O)[C@H](O[C@H]3[C@H](O)[C@@H](O[C@@H]4OC[C@@H](O)[C@H](O)[C@H]4O)[C@H](O[C@H]4[C@H](O[C@H]5CC[C@]6(C)[C@H]7CC[C@]89C(=O)O[C@@](C)(CCC=C(C)C)[C@H]8[C@@H](OC(C)=O)C[C@@]9(C)C7=CC[C@H]6C5(C)C)OC[C@@H](OS(=O)(=O)O)[C@@H]4O)O[C@@H]3C)OC[C@H]2O)O[C@H](COS(=O)(=O)O)[C@H]1O. The van der Waals surface area contributed by atoms with Gasteiger partial charge in [0.2, 0.25) is 0 Å². The molecule has 94 heavy (non-hydrogen) atoms. The number of fused-ring (bicyclic) bond motifs is 4. The van der Waals surface area contributed by atoms with Crippen molar-refractivity contribution in [2.24, 2.45) is 39.4 Å². The summed E-state index contributed by atoms with van der Waals surface area (Å²) in [6, 6.07) is 0. The number of methoxy groups -OCH3 is 1. The molecule has 0 aromatic rings. The molecule has 6 heterocycles. The van der Waals surface area contributed by atoms with Gasteiger partial charge in [0.25, 0.3) is 0 Å². The molecular formula is C60H94O32S2. The summed E-state index contributed by atoms with van der Waals surface area (Å²) in [5, 5.41) is 102. The molecule has 1 spiro atoms. The second-order valence-electron chi connectivity index (χ2n) is 28.5. The number of allylic oxidation sites excluding steroid dienone is 4. The van der Waals surface area contributed by atoms with E-state index in [-0.39, 0.29) is 17.8 Å². The number of ether oxygens (including phenoxy) is 13. The van der Waals surface area contributed by atoms with Crippen LogP contribution in [0.2, 0.25) is 0 Å². The number of carbonyl (C=O) groups excluding carboxylic acids is 2. The first kappa shape index (κ1) is 74.1. The Labute approximate surface area is 545 Å². The van der Waals surface area contributed by atoms with Gasteiger partial charge < -0.3 is 108 Å². The lowest BCUT2D eigenvalue weighted by atomic mass is 9.41. The third kappa shape index (κ3) is 13.9. The molecule has 9 fully saturated rings. The van der Waals surface area contributed by atoms with Crippen molar-refractivity contribution in [2.45, 2.75) is 267 Å². The van der Waals surface area contributed by atoms with E-state index in [1.54, 1.807) is 0 Å². The predicted molar refractivity (Wildman–Crippen MR) is 313 cm³/mol. The number of aliphatic hydroxyl groups is 9. The molecule has 3 saturated carbocycles. The fraction of sp³-hybridized carbons (Fsp3) is 0.900. The summed E-state index contributed by atoms with van der Waals surface area (Å²) in [6.07, 6.45) is -32.5. The van der Waals surface area contributed by atoms with E-state index in [1.807, 2.05) is 34.6 Å². The second kappa shape index (κ2) is 27.7. The number of hydrogen-bond donors (Lipinski definition) is 11. The summed E-state index contributed by atoms with van der Waals surface area (Å²) in [4.78, 5) is 27.6. The molecule has 10 rings (SSSR count). The van der Waals surface area contributed by atoms with Gasteiger partial charge in [0.05, 0.1) is 50.0 Å². The van der Waals surface area contributed by atoms with Crippen molar-refractivity contribution >= 4 is 32.7 Å². The molecular weight excluding hydrogens is 1300 g/mol. The number of esters is 2. The van der Waals surface area contributed by atoms with E-state index in [0.717, 1.165) is 18.3 Å². The van der Waals surface area contributed by atoms with Crippen molar-refractivity contribution in [1.82, 2.24) is 0 Å². The van der Waals surface area contributed by atoms with Gasteiger partial charge in [-0.05, 0) is 102 Å². The van der Waals surface area contributed by atoms with Crippen LogP contribution in [0.5, 0.6) is 0 Å².